The molecule has 0 aromatic heterocycles. The molecule has 16 heavy (non-hydrogen) atoms. The lowest BCUT2D eigenvalue weighted by Gasteiger charge is -2.19. The summed E-state index contributed by atoms with van der Waals surface area (Å²) in [4.78, 5) is 13.9. The minimum atomic E-state index is 0.204. The highest BCUT2D eigenvalue weighted by molar-refractivity contribution is 5.80. The molecule has 2 nitrogen and oxygen atoms in total. The van der Waals surface area contributed by atoms with Crippen molar-refractivity contribution in [1.29, 1.82) is 0 Å². The Labute approximate surface area is 101 Å². The van der Waals surface area contributed by atoms with Crippen LogP contribution < -0.4 is 0 Å². The first-order chi connectivity index (χ1) is 7.51. The third-order valence-corrected chi connectivity index (χ3v) is 3.48. The van der Waals surface area contributed by atoms with Crippen molar-refractivity contribution in [3.8, 4) is 0 Å². The number of Topliss-reactive ketones (excluding diaryl/α,β-unsaturated/α-hetero) is 1. The highest BCUT2D eigenvalue weighted by Crippen LogP contribution is 2.17. The summed E-state index contributed by atoms with van der Waals surface area (Å²) in [6.45, 7) is 10.7. The van der Waals surface area contributed by atoms with Gasteiger partial charge in [0.1, 0.15) is 5.78 Å². The molecule has 1 atom stereocenters. The standard InChI is InChI=1S/C14H29NO/c1-6-13(10-11-15(5)7-2)8-9-14(16)12(3)4/h12-13H,6-11H2,1-5H3. The zero-order chi connectivity index (χ0) is 12.6. The summed E-state index contributed by atoms with van der Waals surface area (Å²) in [6.07, 6.45) is 4.27. The van der Waals surface area contributed by atoms with Gasteiger partial charge in [0.25, 0.3) is 0 Å². The predicted molar refractivity (Wildman–Crippen MR) is 70.6 cm³/mol. The van der Waals surface area contributed by atoms with Gasteiger partial charge in [-0.25, -0.2) is 0 Å². The summed E-state index contributed by atoms with van der Waals surface area (Å²) < 4.78 is 0. The van der Waals surface area contributed by atoms with E-state index in [0.29, 0.717) is 5.78 Å². The third-order valence-electron chi connectivity index (χ3n) is 3.48. The lowest BCUT2D eigenvalue weighted by molar-refractivity contribution is -0.122. The molecule has 0 aromatic carbocycles. The molecular formula is C14H29NO. The van der Waals surface area contributed by atoms with Crippen molar-refractivity contribution in [2.24, 2.45) is 11.8 Å². The van der Waals surface area contributed by atoms with Crippen molar-refractivity contribution in [2.45, 2.75) is 53.4 Å². The molecule has 0 N–H and O–H groups in total. The summed E-state index contributed by atoms with van der Waals surface area (Å²) in [5.74, 6) is 1.34. The van der Waals surface area contributed by atoms with Crippen LogP contribution in [0.1, 0.15) is 53.4 Å². The van der Waals surface area contributed by atoms with E-state index in [0.717, 1.165) is 31.8 Å². The minimum Gasteiger partial charge on any atom is -0.307 e. The molecule has 0 radical (unpaired) electrons. The van der Waals surface area contributed by atoms with Gasteiger partial charge in [0.05, 0.1) is 0 Å². The Bertz CT molecular complexity index is 189. The van der Waals surface area contributed by atoms with Gasteiger partial charge >= 0.3 is 0 Å². The molecule has 96 valence electrons. The largest absolute Gasteiger partial charge is 0.307 e. The highest BCUT2D eigenvalue weighted by Gasteiger charge is 2.12. The molecule has 0 amide bonds. The van der Waals surface area contributed by atoms with E-state index in [4.69, 9.17) is 0 Å². The van der Waals surface area contributed by atoms with Crippen LogP contribution >= 0.6 is 0 Å². The number of carbonyl (C=O) groups excluding carboxylic acids is 1. The summed E-state index contributed by atoms with van der Waals surface area (Å²) in [7, 11) is 2.16. The lowest BCUT2D eigenvalue weighted by atomic mass is 9.93. The summed E-state index contributed by atoms with van der Waals surface area (Å²) >= 11 is 0. The number of rotatable bonds is 9. The fraction of sp³-hybridized carbons (Fsp3) is 0.929. The number of carbonyl (C=O) groups is 1. The maximum absolute atomic E-state index is 11.5. The Morgan fingerprint density at radius 3 is 2.25 bits per heavy atom. The zero-order valence-corrected chi connectivity index (χ0v) is 11.8. The summed E-state index contributed by atoms with van der Waals surface area (Å²) in [5, 5.41) is 0. The molecule has 0 heterocycles. The maximum Gasteiger partial charge on any atom is 0.135 e. The van der Waals surface area contributed by atoms with Gasteiger partial charge in [-0.3, -0.25) is 4.79 Å². The van der Waals surface area contributed by atoms with E-state index in [1.54, 1.807) is 0 Å². The van der Waals surface area contributed by atoms with Crippen LogP contribution in [-0.2, 0) is 4.79 Å². The molecule has 0 aliphatic heterocycles. The van der Waals surface area contributed by atoms with E-state index in [-0.39, 0.29) is 5.92 Å². The molecule has 0 saturated heterocycles. The number of hydrogen-bond donors (Lipinski definition) is 0. The topological polar surface area (TPSA) is 20.3 Å². The molecule has 0 saturated carbocycles. The Kier molecular flexibility index (Phi) is 8.54. The van der Waals surface area contributed by atoms with Crippen molar-refractivity contribution in [3.05, 3.63) is 0 Å². The van der Waals surface area contributed by atoms with Gasteiger partial charge < -0.3 is 4.90 Å². The lowest BCUT2D eigenvalue weighted by Crippen LogP contribution is -2.21. The van der Waals surface area contributed by atoms with E-state index in [2.05, 4.69) is 25.8 Å². The number of ketones is 1. The quantitative estimate of drug-likeness (QED) is 0.602. The van der Waals surface area contributed by atoms with Crippen molar-refractivity contribution >= 4 is 5.78 Å². The van der Waals surface area contributed by atoms with E-state index in [1.807, 2.05) is 13.8 Å². The van der Waals surface area contributed by atoms with Crippen molar-refractivity contribution < 1.29 is 4.79 Å². The second-order valence-corrected chi connectivity index (χ2v) is 5.12. The van der Waals surface area contributed by atoms with E-state index < -0.39 is 0 Å². The molecule has 0 aliphatic rings. The van der Waals surface area contributed by atoms with Crippen molar-refractivity contribution in [3.63, 3.8) is 0 Å². The van der Waals surface area contributed by atoms with Gasteiger partial charge in [0, 0.05) is 12.3 Å². The van der Waals surface area contributed by atoms with E-state index in [1.165, 1.54) is 12.8 Å². The van der Waals surface area contributed by atoms with Crippen LogP contribution in [0.4, 0.5) is 0 Å². The predicted octanol–water partition coefficient (Wildman–Crippen LogP) is 3.36. The molecular weight excluding hydrogens is 198 g/mol. The second kappa shape index (κ2) is 8.74. The number of nitrogens with zero attached hydrogens (tertiary/aromatic N) is 1. The van der Waals surface area contributed by atoms with Crippen molar-refractivity contribution in [1.82, 2.24) is 4.90 Å². The van der Waals surface area contributed by atoms with Crippen LogP contribution in [0.5, 0.6) is 0 Å². The van der Waals surface area contributed by atoms with Crippen LogP contribution in [0.15, 0.2) is 0 Å². The first-order valence-corrected chi connectivity index (χ1v) is 6.72. The summed E-state index contributed by atoms with van der Waals surface area (Å²) in [5.41, 5.74) is 0. The molecule has 0 fully saturated rings. The smallest absolute Gasteiger partial charge is 0.135 e. The second-order valence-electron chi connectivity index (χ2n) is 5.12. The first-order valence-electron chi connectivity index (χ1n) is 6.72. The maximum atomic E-state index is 11.5. The van der Waals surface area contributed by atoms with Gasteiger partial charge in [-0.1, -0.05) is 34.1 Å². The fourth-order valence-electron chi connectivity index (χ4n) is 1.75. The average molecular weight is 227 g/mol. The fourth-order valence-corrected chi connectivity index (χ4v) is 1.75. The summed E-state index contributed by atoms with van der Waals surface area (Å²) in [6, 6.07) is 0. The van der Waals surface area contributed by atoms with Crippen LogP contribution in [0.25, 0.3) is 0 Å². The van der Waals surface area contributed by atoms with Crippen molar-refractivity contribution in [2.75, 3.05) is 20.1 Å². The van der Waals surface area contributed by atoms with Gasteiger partial charge in [0.15, 0.2) is 0 Å². The van der Waals surface area contributed by atoms with Crippen LogP contribution in [0, 0.1) is 11.8 Å². The number of hydrogen-bond acceptors (Lipinski definition) is 2. The molecule has 0 aliphatic carbocycles. The zero-order valence-electron chi connectivity index (χ0n) is 11.8. The Balaban J connectivity index is 3.79. The van der Waals surface area contributed by atoms with Gasteiger partial charge in [-0.2, -0.15) is 0 Å². The highest BCUT2D eigenvalue weighted by atomic mass is 16.1. The Morgan fingerprint density at radius 2 is 1.81 bits per heavy atom. The Hall–Kier alpha value is -0.370. The minimum absolute atomic E-state index is 0.204. The van der Waals surface area contributed by atoms with Gasteiger partial charge in [-0.05, 0) is 38.9 Å². The SMILES string of the molecule is CCC(CCC(=O)C(C)C)CCN(C)CC. The van der Waals surface area contributed by atoms with Gasteiger partial charge in [0.2, 0.25) is 0 Å². The molecule has 1 unspecified atom stereocenters. The monoisotopic (exact) mass is 227 g/mol. The molecule has 0 spiro atoms. The van der Waals surface area contributed by atoms with Crippen LogP contribution in [0.3, 0.4) is 0 Å². The molecule has 0 bridgehead atoms. The normalized spacial score (nSPS) is 13.4. The first kappa shape index (κ1) is 15.6. The molecule has 0 rings (SSSR count). The average Bonchev–Trinajstić information content (AvgIpc) is 2.28. The Morgan fingerprint density at radius 1 is 1.19 bits per heavy atom. The van der Waals surface area contributed by atoms with E-state index in [9.17, 15) is 4.79 Å². The van der Waals surface area contributed by atoms with Gasteiger partial charge in [-0.15, -0.1) is 0 Å². The van der Waals surface area contributed by atoms with Crippen LogP contribution in [0.2, 0.25) is 0 Å². The van der Waals surface area contributed by atoms with Crippen LogP contribution in [-0.4, -0.2) is 30.8 Å². The third kappa shape index (κ3) is 7.00. The molecule has 0 aromatic rings. The van der Waals surface area contributed by atoms with E-state index >= 15 is 0 Å². The molecule has 2 heteroatoms.